The van der Waals surface area contributed by atoms with E-state index in [9.17, 15) is 4.39 Å². The predicted molar refractivity (Wildman–Crippen MR) is 53.0 cm³/mol. The zero-order valence-corrected chi connectivity index (χ0v) is 8.23. The highest BCUT2D eigenvalue weighted by molar-refractivity contribution is 5.85. The Morgan fingerprint density at radius 3 is 2.69 bits per heavy atom. The van der Waals surface area contributed by atoms with Crippen LogP contribution in [-0.4, -0.2) is 13.7 Å². The smallest absolute Gasteiger partial charge is 0.126 e. The van der Waals surface area contributed by atoms with Crippen LogP contribution >= 0.6 is 12.4 Å². The van der Waals surface area contributed by atoms with Crippen molar-refractivity contribution in [2.75, 3.05) is 13.7 Å². The highest BCUT2D eigenvalue weighted by atomic mass is 35.5. The Morgan fingerprint density at radius 2 is 2.15 bits per heavy atom. The highest BCUT2D eigenvalue weighted by Gasteiger charge is 2.01. The van der Waals surface area contributed by atoms with E-state index < -0.39 is 0 Å². The van der Waals surface area contributed by atoms with Crippen molar-refractivity contribution in [3.8, 4) is 5.75 Å². The summed E-state index contributed by atoms with van der Waals surface area (Å²) in [5, 5.41) is 0. The molecule has 0 radical (unpaired) electrons. The van der Waals surface area contributed by atoms with Gasteiger partial charge in [-0.2, -0.15) is 0 Å². The lowest BCUT2D eigenvalue weighted by Gasteiger charge is -2.04. The Balaban J connectivity index is 0.00000144. The molecule has 0 aliphatic rings. The molecular formula is C9H13ClFNO. The van der Waals surface area contributed by atoms with E-state index in [-0.39, 0.29) is 18.2 Å². The van der Waals surface area contributed by atoms with E-state index in [0.29, 0.717) is 24.3 Å². The molecule has 0 spiro atoms. The summed E-state index contributed by atoms with van der Waals surface area (Å²) in [6.07, 6.45) is 0.545. The summed E-state index contributed by atoms with van der Waals surface area (Å²) >= 11 is 0. The zero-order chi connectivity index (χ0) is 8.97. The molecule has 0 saturated carbocycles. The van der Waals surface area contributed by atoms with Crippen LogP contribution in [-0.2, 0) is 6.42 Å². The van der Waals surface area contributed by atoms with Crippen molar-refractivity contribution in [1.82, 2.24) is 0 Å². The van der Waals surface area contributed by atoms with Gasteiger partial charge in [0.25, 0.3) is 0 Å². The van der Waals surface area contributed by atoms with Gasteiger partial charge < -0.3 is 10.5 Å². The zero-order valence-electron chi connectivity index (χ0n) is 7.42. The van der Waals surface area contributed by atoms with Gasteiger partial charge >= 0.3 is 0 Å². The van der Waals surface area contributed by atoms with E-state index in [2.05, 4.69) is 0 Å². The van der Waals surface area contributed by atoms with Crippen LogP contribution in [0.3, 0.4) is 0 Å². The van der Waals surface area contributed by atoms with Crippen LogP contribution < -0.4 is 10.5 Å². The second kappa shape index (κ2) is 5.78. The van der Waals surface area contributed by atoms with Crippen molar-refractivity contribution < 1.29 is 9.13 Å². The average molecular weight is 206 g/mol. The van der Waals surface area contributed by atoms with E-state index in [4.69, 9.17) is 10.5 Å². The first kappa shape index (κ1) is 12.2. The lowest BCUT2D eigenvalue weighted by atomic mass is 10.1. The average Bonchev–Trinajstić information content (AvgIpc) is 2.09. The minimum atomic E-state index is -0.221. The van der Waals surface area contributed by atoms with Crippen molar-refractivity contribution in [3.05, 3.63) is 29.6 Å². The van der Waals surface area contributed by atoms with Gasteiger partial charge in [0, 0.05) is 0 Å². The maximum absolute atomic E-state index is 13.0. The summed E-state index contributed by atoms with van der Waals surface area (Å²) in [7, 11) is 1.56. The van der Waals surface area contributed by atoms with Gasteiger partial charge in [-0.15, -0.1) is 12.4 Å². The summed E-state index contributed by atoms with van der Waals surface area (Å²) in [5.41, 5.74) is 5.92. The molecule has 0 aliphatic carbocycles. The monoisotopic (exact) mass is 205 g/mol. The molecule has 0 atom stereocenters. The number of halogens is 2. The number of methoxy groups -OCH3 is 1. The minimum absolute atomic E-state index is 0. The van der Waals surface area contributed by atoms with Crippen molar-refractivity contribution in [3.63, 3.8) is 0 Å². The number of ether oxygens (including phenoxy) is 1. The van der Waals surface area contributed by atoms with E-state index >= 15 is 0 Å². The van der Waals surface area contributed by atoms with E-state index in [1.165, 1.54) is 6.07 Å². The quantitative estimate of drug-likeness (QED) is 0.816. The van der Waals surface area contributed by atoms with Gasteiger partial charge in [-0.05, 0) is 36.7 Å². The summed E-state index contributed by atoms with van der Waals surface area (Å²) < 4.78 is 17.9. The van der Waals surface area contributed by atoms with Gasteiger partial charge in [0.2, 0.25) is 0 Å². The second-order valence-corrected chi connectivity index (χ2v) is 2.50. The van der Waals surface area contributed by atoms with Crippen LogP contribution in [0.25, 0.3) is 0 Å². The molecule has 1 aromatic rings. The Morgan fingerprint density at radius 1 is 1.46 bits per heavy atom. The van der Waals surface area contributed by atoms with Crippen LogP contribution in [0.2, 0.25) is 0 Å². The highest BCUT2D eigenvalue weighted by Crippen LogP contribution is 2.16. The maximum Gasteiger partial charge on any atom is 0.126 e. The summed E-state index contributed by atoms with van der Waals surface area (Å²) in [4.78, 5) is 0. The largest absolute Gasteiger partial charge is 0.497 e. The fourth-order valence-electron chi connectivity index (χ4n) is 1.03. The Bertz CT molecular complexity index is 268. The van der Waals surface area contributed by atoms with Crippen LogP contribution in [0.1, 0.15) is 5.56 Å². The number of hydrogen-bond donors (Lipinski definition) is 1. The molecule has 0 saturated heterocycles. The molecule has 0 aromatic heterocycles. The molecule has 13 heavy (non-hydrogen) atoms. The third-order valence-corrected chi connectivity index (χ3v) is 1.67. The molecule has 2 N–H and O–H groups in total. The molecule has 1 rings (SSSR count). The lowest BCUT2D eigenvalue weighted by Crippen LogP contribution is -2.04. The van der Waals surface area contributed by atoms with Crippen molar-refractivity contribution in [2.45, 2.75) is 6.42 Å². The molecule has 2 nitrogen and oxygen atoms in total. The predicted octanol–water partition coefficient (Wildman–Crippen LogP) is 1.76. The van der Waals surface area contributed by atoms with Crippen LogP contribution in [0.5, 0.6) is 5.75 Å². The van der Waals surface area contributed by atoms with Crippen LogP contribution in [0.15, 0.2) is 18.2 Å². The Hall–Kier alpha value is -0.800. The van der Waals surface area contributed by atoms with E-state index in [1.54, 1.807) is 19.2 Å². The molecule has 0 unspecified atom stereocenters. The fraction of sp³-hybridized carbons (Fsp3) is 0.333. The van der Waals surface area contributed by atoms with Crippen LogP contribution in [0, 0.1) is 5.82 Å². The lowest BCUT2D eigenvalue weighted by molar-refractivity contribution is 0.412. The molecule has 0 fully saturated rings. The molecule has 0 aliphatic heterocycles. The van der Waals surface area contributed by atoms with Gasteiger partial charge in [0.1, 0.15) is 11.6 Å². The third kappa shape index (κ3) is 3.20. The second-order valence-electron chi connectivity index (χ2n) is 2.50. The fourth-order valence-corrected chi connectivity index (χ4v) is 1.03. The van der Waals surface area contributed by atoms with Crippen LogP contribution in [0.4, 0.5) is 4.39 Å². The first-order valence-electron chi connectivity index (χ1n) is 3.80. The van der Waals surface area contributed by atoms with E-state index in [0.717, 1.165) is 0 Å². The van der Waals surface area contributed by atoms with Gasteiger partial charge in [-0.1, -0.05) is 0 Å². The van der Waals surface area contributed by atoms with Gasteiger partial charge in [-0.3, -0.25) is 0 Å². The minimum Gasteiger partial charge on any atom is -0.497 e. The molecule has 4 heteroatoms. The first-order chi connectivity index (χ1) is 5.77. The standard InChI is InChI=1S/C9H12FNO.ClH/c1-12-8-2-3-9(10)7(6-8)4-5-11;/h2-3,6H,4-5,11H2,1H3;1H. The Labute approximate surface area is 83.3 Å². The maximum atomic E-state index is 13.0. The van der Waals surface area contributed by atoms with Crippen molar-refractivity contribution >= 4 is 12.4 Å². The molecule has 1 aromatic carbocycles. The first-order valence-corrected chi connectivity index (χ1v) is 3.80. The topological polar surface area (TPSA) is 35.2 Å². The van der Waals surface area contributed by atoms with Crippen molar-refractivity contribution in [2.24, 2.45) is 5.73 Å². The number of nitrogens with two attached hydrogens (primary N) is 1. The molecule has 0 heterocycles. The Kier molecular flexibility index (Phi) is 5.42. The molecule has 0 bridgehead atoms. The van der Waals surface area contributed by atoms with Gasteiger partial charge in [0.15, 0.2) is 0 Å². The summed E-state index contributed by atoms with van der Waals surface area (Å²) in [6.45, 7) is 0.448. The summed E-state index contributed by atoms with van der Waals surface area (Å²) in [5.74, 6) is 0.445. The molecule has 74 valence electrons. The normalized spacial score (nSPS) is 9.15. The van der Waals surface area contributed by atoms with Crippen molar-refractivity contribution in [1.29, 1.82) is 0 Å². The number of rotatable bonds is 3. The number of hydrogen-bond acceptors (Lipinski definition) is 2. The SMILES string of the molecule is COc1ccc(F)c(CCN)c1.Cl. The molecular weight excluding hydrogens is 193 g/mol. The third-order valence-electron chi connectivity index (χ3n) is 1.67. The summed E-state index contributed by atoms with van der Waals surface area (Å²) in [6, 6.07) is 4.65. The molecule has 0 amide bonds. The number of benzene rings is 1. The van der Waals surface area contributed by atoms with Gasteiger partial charge in [-0.25, -0.2) is 4.39 Å². The van der Waals surface area contributed by atoms with Gasteiger partial charge in [0.05, 0.1) is 7.11 Å². The van der Waals surface area contributed by atoms with E-state index in [1.807, 2.05) is 0 Å².